The molecule has 1 aromatic carbocycles. The molecule has 1 atom stereocenters. The standard InChI is InChI=1S/C14H17ClFN3O/c1-8(17)11-5-4-10(6-12(11)16)20-7-13-14(15)9(2)18-19(13)3/h4-6,8H,7,17H2,1-3H3/t8-/m1/s1. The van der Waals surface area contributed by atoms with Crippen molar-refractivity contribution in [1.29, 1.82) is 0 Å². The highest BCUT2D eigenvalue weighted by molar-refractivity contribution is 6.31. The van der Waals surface area contributed by atoms with E-state index in [0.717, 1.165) is 11.4 Å². The van der Waals surface area contributed by atoms with E-state index in [0.29, 0.717) is 16.3 Å². The van der Waals surface area contributed by atoms with E-state index in [9.17, 15) is 4.39 Å². The van der Waals surface area contributed by atoms with Crippen molar-refractivity contribution in [3.05, 3.63) is 46.0 Å². The molecule has 1 heterocycles. The smallest absolute Gasteiger partial charge is 0.131 e. The molecule has 0 fully saturated rings. The third kappa shape index (κ3) is 2.94. The van der Waals surface area contributed by atoms with E-state index in [-0.39, 0.29) is 18.5 Å². The summed E-state index contributed by atoms with van der Waals surface area (Å²) in [5, 5.41) is 4.76. The molecule has 2 N–H and O–H groups in total. The Labute approximate surface area is 122 Å². The quantitative estimate of drug-likeness (QED) is 0.943. The number of rotatable bonds is 4. The van der Waals surface area contributed by atoms with E-state index >= 15 is 0 Å². The summed E-state index contributed by atoms with van der Waals surface area (Å²) in [7, 11) is 1.79. The van der Waals surface area contributed by atoms with Gasteiger partial charge in [-0.05, 0) is 19.9 Å². The van der Waals surface area contributed by atoms with Crippen LogP contribution in [0.5, 0.6) is 5.75 Å². The largest absolute Gasteiger partial charge is 0.487 e. The molecule has 2 aromatic rings. The number of benzene rings is 1. The molecular formula is C14H17ClFN3O. The normalized spacial score (nSPS) is 12.5. The molecule has 6 heteroatoms. The zero-order valence-corrected chi connectivity index (χ0v) is 12.4. The van der Waals surface area contributed by atoms with Gasteiger partial charge in [0.1, 0.15) is 18.2 Å². The van der Waals surface area contributed by atoms with Crippen LogP contribution in [0.15, 0.2) is 18.2 Å². The lowest BCUT2D eigenvalue weighted by atomic mass is 10.1. The molecule has 20 heavy (non-hydrogen) atoms. The van der Waals surface area contributed by atoms with Crippen molar-refractivity contribution < 1.29 is 9.13 Å². The molecule has 0 bridgehead atoms. The fourth-order valence-corrected chi connectivity index (χ4v) is 2.17. The Morgan fingerprint density at radius 2 is 2.20 bits per heavy atom. The lowest BCUT2D eigenvalue weighted by Crippen LogP contribution is -2.08. The van der Waals surface area contributed by atoms with Crippen LogP contribution >= 0.6 is 11.6 Å². The monoisotopic (exact) mass is 297 g/mol. The molecule has 0 aliphatic heterocycles. The zero-order chi connectivity index (χ0) is 14.9. The van der Waals surface area contributed by atoms with Gasteiger partial charge in [-0.2, -0.15) is 5.10 Å². The first-order valence-corrected chi connectivity index (χ1v) is 6.63. The number of nitrogens with zero attached hydrogens (tertiary/aromatic N) is 2. The first-order valence-electron chi connectivity index (χ1n) is 6.26. The second-order valence-electron chi connectivity index (χ2n) is 4.73. The molecule has 1 aromatic heterocycles. The van der Waals surface area contributed by atoms with Gasteiger partial charge in [0.2, 0.25) is 0 Å². The van der Waals surface area contributed by atoms with Gasteiger partial charge in [0.05, 0.1) is 16.4 Å². The van der Waals surface area contributed by atoms with Crippen LogP contribution in [-0.2, 0) is 13.7 Å². The number of aryl methyl sites for hydroxylation is 2. The molecule has 108 valence electrons. The molecule has 0 unspecified atom stereocenters. The van der Waals surface area contributed by atoms with Crippen LogP contribution in [0.3, 0.4) is 0 Å². The Morgan fingerprint density at radius 3 is 2.70 bits per heavy atom. The maximum atomic E-state index is 13.8. The second-order valence-corrected chi connectivity index (χ2v) is 5.11. The van der Waals surface area contributed by atoms with Crippen molar-refractivity contribution in [2.24, 2.45) is 12.8 Å². The molecule has 0 aliphatic carbocycles. The highest BCUT2D eigenvalue weighted by Gasteiger charge is 2.13. The second kappa shape index (κ2) is 5.81. The van der Waals surface area contributed by atoms with E-state index in [4.69, 9.17) is 22.1 Å². The number of nitrogens with two attached hydrogens (primary N) is 1. The lowest BCUT2D eigenvalue weighted by Gasteiger charge is -2.10. The van der Waals surface area contributed by atoms with Gasteiger partial charge < -0.3 is 10.5 Å². The first kappa shape index (κ1) is 14.8. The Hall–Kier alpha value is -1.59. The van der Waals surface area contributed by atoms with E-state index in [1.54, 1.807) is 30.8 Å². The fourth-order valence-electron chi connectivity index (χ4n) is 1.96. The van der Waals surface area contributed by atoms with E-state index in [1.807, 2.05) is 6.92 Å². The summed E-state index contributed by atoms with van der Waals surface area (Å²) < 4.78 is 21.0. The number of hydrogen-bond acceptors (Lipinski definition) is 3. The number of aromatic nitrogens is 2. The summed E-state index contributed by atoms with van der Waals surface area (Å²) in [6.07, 6.45) is 0. The predicted molar refractivity (Wildman–Crippen MR) is 76.3 cm³/mol. The van der Waals surface area contributed by atoms with E-state index in [2.05, 4.69) is 5.10 Å². The van der Waals surface area contributed by atoms with Crippen molar-refractivity contribution in [2.75, 3.05) is 0 Å². The van der Waals surface area contributed by atoms with Crippen molar-refractivity contribution in [2.45, 2.75) is 26.5 Å². The minimum absolute atomic E-state index is 0.229. The van der Waals surface area contributed by atoms with Gasteiger partial charge in [0.15, 0.2) is 0 Å². The molecule has 0 amide bonds. The van der Waals surface area contributed by atoms with Crippen molar-refractivity contribution in [1.82, 2.24) is 9.78 Å². The van der Waals surface area contributed by atoms with Crippen molar-refractivity contribution >= 4 is 11.6 Å². The molecule has 0 spiro atoms. The van der Waals surface area contributed by atoms with Crippen molar-refractivity contribution in [3.8, 4) is 5.75 Å². The average Bonchev–Trinajstić information content (AvgIpc) is 2.61. The van der Waals surface area contributed by atoms with Crippen LogP contribution in [0, 0.1) is 12.7 Å². The summed E-state index contributed by atoms with van der Waals surface area (Å²) in [6.45, 7) is 3.78. The molecular weight excluding hydrogens is 281 g/mol. The van der Waals surface area contributed by atoms with Gasteiger partial charge in [-0.1, -0.05) is 17.7 Å². The highest BCUT2D eigenvalue weighted by Crippen LogP contribution is 2.24. The maximum Gasteiger partial charge on any atom is 0.131 e. The van der Waals surface area contributed by atoms with Gasteiger partial charge >= 0.3 is 0 Å². The SMILES string of the molecule is Cc1nn(C)c(COc2ccc([C@@H](C)N)c(F)c2)c1Cl. The maximum absolute atomic E-state index is 13.8. The van der Waals surface area contributed by atoms with Gasteiger partial charge in [-0.15, -0.1) is 0 Å². The Bertz CT molecular complexity index is 625. The van der Waals surface area contributed by atoms with E-state index in [1.165, 1.54) is 6.07 Å². The Kier molecular flexibility index (Phi) is 4.30. The summed E-state index contributed by atoms with van der Waals surface area (Å²) >= 11 is 6.12. The zero-order valence-electron chi connectivity index (χ0n) is 11.7. The van der Waals surface area contributed by atoms with Gasteiger partial charge in [-0.25, -0.2) is 4.39 Å². The van der Waals surface area contributed by atoms with Crippen molar-refractivity contribution in [3.63, 3.8) is 0 Å². The van der Waals surface area contributed by atoms with Gasteiger partial charge in [0, 0.05) is 24.7 Å². The number of hydrogen-bond donors (Lipinski definition) is 1. The molecule has 2 rings (SSSR count). The number of ether oxygens (including phenoxy) is 1. The average molecular weight is 298 g/mol. The summed E-state index contributed by atoms with van der Waals surface area (Å²) in [5.74, 6) is 0.0617. The molecule has 0 aliphatic rings. The summed E-state index contributed by atoms with van der Waals surface area (Å²) in [6, 6.07) is 4.30. The first-order chi connectivity index (χ1) is 9.40. The van der Waals surface area contributed by atoms with E-state index < -0.39 is 0 Å². The number of halogens is 2. The third-order valence-corrected chi connectivity index (χ3v) is 3.59. The summed E-state index contributed by atoms with van der Waals surface area (Å²) in [5.41, 5.74) is 7.62. The van der Waals surface area contributed by atoms with Crippen LogP contribution in [0.1, 0.15) is 29.9 Å². The molecule has 0 saturated heterocycles. The third-order valence-electron chi connectivity index (χ3n) is 3.10. The van der Waals surface area contributed by atoms with Crippen LogP contribution in [0.2, 0.25) is 5.02 Å². The van der Waals surface area contributed by atoms with Crippen LogP contribution < -0.4 is 10.5 Å². The van der Waals surface area contributed by atoms with Crippen LogP contribution in [-0.4, -0.2) is 9.78 Å². The summed E-state index contributed by atoms with van der Waals surface area (Å²) in [4.78, 5) is 0. The Morgan fingerprint density at radius 1 is 1.50 bits per heavy atom. The minimum atomic E-state index is -0.371. The van der Waals surface area contributed by atoms with Crippen LogP contribution in [0.4, 0.5) is 4.39 Å². The molecule has 0 saturated carbocycles. The molecule has 0 radical (unpaired) electrons. The minimum Gasteiger partial charge on any atom is -0.487 e. The topological polar surface area (TPSA) is 53.1 Å². The Balaban J connectivity index is 2.13. The highest BCUT2D eigenvalue weighted by atomic mass is 35.5. The van der Waals surface area contributed by atoms with Gasteiger partial charge in [0.25, 0.3) is 0 Å². The lowest BCUT2D eigenvalue weighted by molar-refractivity contribution is 0.293. The van der Waals surface area contributed by atoms with Gasteiger partial charge in [-0.3, -0.25) is 4.68 Å². The predicted octanol–water partition coefficient (Wildman–Crippen LogP) is 3.12. The fraction of sp³-hybridized carbons (Fsp3) is 0.357. The molecule has 4 nitrogen and oxygen atoms in total. The van der Waals surface area contributed by atoms with Crippen LogP contribution in [0.25, 0.3) is 0 Å².